The molecule has 0 radical (unpaired) electrons. The Morgan fingerprint density at radius 3 is 2.54 bits per heavy atom. The van der Waals surface area contributed by atoms with Gasteiger partial charge in [0.2, 0.25) is 0 Å². The molecule has 26 heavy (non-hydrogen) atoms. The van der Waals surface area contributed by atoms with Gasteiger partial charge < -0.3 is 14.4 Å². The van der Waals surface area contributed by atoms with E-state index in [1.165, 1.54) is 6.08 Å². The number of nitrogens with zero attached hydrogens (tertiary/aromatic N) is 1. The van der Waals surface area contributed by atoms with Gasteiger partial charge in [-0.15, -0.1) is 0 Å². The fourth-order valence-electron chi connectivity index (χ4n) is 3.05. The number of likely N-dealkylation sites (tertiary alicyclic amines) is 1. The van der Waals surface area contributed by atoms with Crippen LogP contribution in [0.5, 0.6) is 5.75 Å². The summed E-state index contributed by atoms with van der Waals surface area (Å²) < 4.78 is 10.3. The van der Waals surface area contributed by atoms with Crippen LogP contribution in [0.1, 0.15) is 24.8 Å². The number of piperidine rings is 1. The molecule has 2 aromatic rings. The highest BCUT2D eigenvalue weighted by Gasteiger charge is 2.17. The second kappa shape index (κ2) is 8.52. The van der Waals surface area contributed by atoms with Crippen LogP contribution in [0.25, 0.3) is 16.8 Å². The van der Waals surface area contributed by atoms with Crippen molar-refractivity contribution in [1.29, 1.82) is 0 Å². The first-order valence-electron chi connectivity index (χ1n) is 8.86. The van der Waals surface area contributed by atoms with E-state index in [4.69, 9.17) is 9.47 Å². The van der Waals surface area contributed by atoms with E-state index in [1.807, 2.05) is 36.4 Å². The molecule has 5 heteroatoms. The highest BCUT2D eigenvalue weighted by atomic mass is 16.5. The molecule has 1 aliphatic heterocycles. The molecular weight excluding hydrogens is 330 g/mol. The zero-order valence-electron chi connectivity index (χ0n) is 14.9. The number of benzene rings is 2. The van der Waals surface area contributed by atoms with Crippen LogP contribution in [0.3, 0.4) is 0 Å². The Hall–Kier alpha value is -2.82. The van der Waals surface area contributed by atoms with Crippen LogP contribution in [0.4, 0.5) is 0 Å². The molecule has 5 nitrogen and oxygen atoms in total. The summed E-state index contributed by atoms with van der Waals surface area (Å²) in [7, 11) is 1.64. The van der Waals surface area contributed by atoms with Crippen molar-refractivity contribution >= 4 is 28.7 Å². The van der Waals surface area contributed by atoms with Crippen LogP contribution in [-0.2, 0) is 14.3 Å². The first kappa shape index (κ1) is 18.0. The fourth-order valence-corrected chi connectivity index (χ4v) is 3.05. The first-order chi connectivity index (χ1) is 12.7. The molecule has 0 aromatic heterocycles. The van der Waals surface area contributed by atoms with E-state index in [0.29, 0.717) is 0 Å². The Balaban J connectivity index is 1.55. The van der Waals surface area contributed by atoms with E-state index in [0.717, 1.165) is 54.4 Å². The van der Waals surface area contributed by atoms with E-state index in [9.17, 15) is 9.59 Å². The first-order valence-corrected chi connectivity index (χ1v) is 8.86. The minimum atomic E-state index is -0.509. The second-order valence-corrected chi connectivity index (χ2v) is 6.36. The number of carbonyl (C=O) groups excluding carboxylic acids is 2. The van der Waals surface area contributed by atoms with Gasteiger partial charge in [0, 0.05) is 19.2 Å². The average Bonchev–Trinajstić information content (AvgIpc) is 2.70. The number of rotatable bonds is 5. The summed E-state index contributed by atoms with van der Waals surface area (Å²) in [6, 6.07) is 11.7. The standard InChI is InChI=1S/C21H23NO4/c1-25-19-9-8-17-13-16(5-7-18(17)14-19)6-10-21(24)26-15-20(23)22-11-3-2-4-12-22/h5-10,13-14H,2-4,11-12,15H2,1H3/b10-6+. The van der Waals surface area contributed by atoms with Crippen molar-refractivity contribution in [2.75, 3.05) is 26.8 Å². The van der Waals surface area contributed by atoms with Gasteiger partial charge in [-0.25, -0.2) is 4.79 Å². The number of fused-ring (bicyclic) bond motifs is 1. The van der Waals surface area contributed by atoms with Gasteiger partial charge in [-0.3, -0.25) is 4.79 Å². The molecule has 0 saturated carbocycles. The monoisotopic (exact) mass is 353 g/mol. The van der Waals surface area contributed by atoms with E-state index in [-0.39, 0.29) is 12.5 Å². The van der Waals surface area contributed by atoms with E-state index in [2.05, 4.69) is 0 Å². The Morgan fingerprint density at radius 1 is 1.04 bits per heavy atom. The van der Waals surface area contributed by atoms with Crippen molar-refractivity contribution in [2.24, 2.45) is 0 Å². The highest BCUT2D eigenvalue weighted by Crippen LogP contribution is 2.22. The molecule has 3 rings (SSSR count). The minimum Gasteiger partial charge on any atom is -0.497 e. The van der Waals surface area contributed by atoms with Gasteiger partial charge in [0.15, 0.2) is 6.61 Å². The molecule has 0 aliphatic carbocycles. The smallest absolute Gasteiger partial charge is 0.331 e. The summed E-state index contributed by atoms with van der Waals surface area (Å²) >= 11 is 0. The summed E-state index contributed by atoms with van der Waals surface area (Å²) in [6.45, 7) is 1.32. The average molecular weight is 353 g/mol. The minimum absolute atomic E-state index is 0.119. The predicted molar refractivity (Wildman–Crippen MR) is 101 cm³/mol. The summed E-state index contributed by atoms with van der Waals surface area (Å²) in [5.74, 6) is 0.180. The molecule has 1 amide bonds. The van der Waals surface area contributed by atoms with Crippen LogP contribution in [0.15, 0.2) is 42.5 Å². The van der Waals surface area contributed by atoms with E-state index >= 15 is 0 Å². The van der Waals surface area contributed by atoms with Crippen LogP contribution in [-0.4, -0.2) is 43.6 Å². The molecule has 0 spiro atoms. The number of carbonyl (C=O) groups is 2. The molecule has 2 aromatic carbocycles. The third kappa shape index (κ3) is 4.63. The fraction of sp³-hybridized carbons (Fsp3) is 0.333. The van der Waals surface area contributed by atoms with Crippen molar-refractivity contribution in [3.63, 3.8) is 0 Å². The maximum Gasteiger partial charge on any atom is 0.331 e. The Bertz CT molecular complexity index is 822. The quantitative estimate of drug-likeness (QED) is 0.610. The number of ether oxygens (including phenoxy) is 2. The van der Waals surface area contributed by atoms with Gasteiger partial charge >= 0.3 is 5.97 Å². The Kier molecular flexibility index (Phi) is 5.89. The third-order valence-corrected chi connectivity index (χ3v) is 4.53. The highest BCUT2D eigenvalue weighted by molar-refractivity contribution is 5.91. The number of esters is 1. The summed E-state index contributed by atoms with van der Waals surface area (Å²) in [6.07, 6.45) is 6.25. The predicted octanol–water partition coefficient (Wildman–Crippen LogP) is 3.42. The molecule has 136 valence electrons. The summed E-state index contributed by atoms with van der Waals surface area (Å²) in [5, 5.41) is 2.12. The van der Waals surface area contributed by atoms with Crippen LogP contribution in [0.2, 0.25) is 0 Å². The van der Waals surface area contributed by atoms with Gasteiger partial charge in [-0.2, -0.15) is 0 Å². The molecule has 1 heterocycles. The molecule has 0 bridgehead atoms. The van der Waals surface area contributed by atoms with E-state index in [1.54, 1.807) is 18.1 Å². The number of hydrogen-bond acceptors (Lipinski definition) is 4. The van der Waals surface area contributed by atoms with Crippen LogP contribution < -0.4 is 4.74 Å². The SMILES string of the molecule is COc1ccc2cc(/C=C/C(=O)OCC(=O)N3CCCCC3)ccc2c1. The lowest BCUT2D eigenvalue weighted by molar-refractivity contribution is -0.148. The molecule has 1 fully saturated rings. The van der Waals surface area contributed by atoms with Crippen molar-refractivity contribution < 1.29 is 19.1 Å². The maximum atomic E-state index is 12.0. The molecule has 0 N–H and O–H groups in total. The van der Waals surface area contributed by atoms with Gasteiger partial charge in [0.25, 0.3) is 5.91 Å². The van der Waals surface area contributed by atoms with Crippen molar-refractivity contribution in [2.45, 2.75) is 19.3 Å². The largest absolute Gasteiger partial charge is 0.497 e. The van der Waals surface area contributed by atoms with E-state index < -0.39 is 5.97 Å². The third-order valence-electron chi connectivity index (χ3n) is 4.53. The lowest BCUT2D eigenvalue weighted by Gasteiger charge is -2.26. The Morgan fingerprint density at radius 2 is 1.77 bits per heavy atom. The molecule has 0 atom stereocenters. The maximum absolute atomic E-state index is 12.0. The Labute approximate surface area is 153 Å². The van der Waals surface area contributed by atoms with Gasteiger partial charge in [-0.05, 0) is 59.9 Å². The van der Waals surface area contributed by atoms with Crippen LogP contribution >= 0.6 is 0 Å². The van der Waals surface area contributed by atoms with Crippen molar-refractivity contribution in [3.8, 4) is 5.75 Å². The van der Waals surface area contributed by atoms with Gasteiger partial charge in [-0.1, -0.05) is 18.2 Å². The number of hydrogen-bond donors (Lipinski definition) is 0. The lowest BCUT2D eigenvalue weighted by atomic mass is 10.1. The zero-order chi connectivity index (χ0) is 18.4. The number of amides is 1. The van der Waals surface area contributed by atoms with Gasteiger partial charge in [0.05, 0.1) is 7.11 Å². The molecule has 1 saturated heterocycles. The molecule has 1 aliphatic rings. The molecule has 0 unspecified atom stereocenters. The van der Waals surface area contributed by atoms with Gasteiger partial charge in [0.1, 0.15) is 5.75 Å². The normalized spacial score (nSPS) is 14.6. The van der Waals surface area contributed by atoms with Crippen molar-refractivity contribution in [3.05, 3.63) is 48.0 Å². The molecular formula is C21H23NO4. The zero-order valence-corrected chi connectivity index (χ0v) is 14.9. The second-order valence-electron chi connectivity index (χ2n) is 6.36. The summed E-state index contributed by atoms with van der Waals surface area (Å²) in [4.78, 5) is 25.6. The summed E-state index contributed by atoms with van der Waals surface area (Å²) in [5.41, 5.74) is 0.891. The van der Waals surface area contributed by atoms with Crippen LogP contribution in [0, 0.1) is 0 Å². The lowest BCUT2D eigenvalue weighted by Crippen LogP contribution is -2.38. The number of methoxy groups -OCH3 is 1. The topological polar surface area (TPSA) is 55.8 Å². The van der Waals surface area contributed by atoms with Crippen molar-refractivity contribution in [1.82, 2.24) is 4.90 Å².